The summed E-state index contributed by atoms with van der Waals surface area (Å²) in [4.78, 5) is 22.7. The maximum Gasteiger partial charge on any atom is 0.301 e. The second-order valence-corrected chi connectivity index (χ2v) is 8.51. The third-order valence-corrected chi connectivity index (χ3v) is 6.41. The molecular formula is C19H12N6OS3. The van der Waals surface area contributed by atoms with E-state index in [0.29, 0.717) is 16.0 Å². The average molecular weight is 437 g/mol. The molecule has 10 heteroatoms. The lowest BCUT2D eigenvalue weighted by molar-refractivity contribution is 0.844. The molecule has 0 aliphatic carbocycles. The van der Waals surface area contributed by atoms with E-state index in [4.69, 9.17) is 0 Å². The number of rotatable bonds is 5. The van der Waals surface area contributed by atoms with Crippen LogP contribution in [0.1, 0.15) is 0 Å². The fourth-order valence-corrected chi connectivity index (χ4v) is 4.68. The van der Waals surface area contributed by atoms with E-state index >= 15 is 0 Å². The van der Waals surface area contributed by atoms with Crippen LogP contribution in [-0.4, -0.2) is 19.7 Å². The number of aromatic nitrogens is 4. The van der Waals surface area contributed by atoms with Gasteiger partial charge in [-0.3, -0.25) is 9.89 Å². The van der Waals surface area contributed by atoms with Crippen LogP contribution >= 0.6 is 34.0 Å². The highest BCUT2D eigenvalue weighted by Gasteiger charge is 2.19. The van der Waals surface area contributed by atoms with Crippen LogP contribution in [0.15, 0.2) is 79.8 Å². The normalized spacial score (nSPS) is 11.4. The molecule has 4 aromatic heterocycles. The molecule has 0 saturated carbocycles. The van der Waals surface area contributed by atoms with Gasteiger partial charge in [-0.2, -0.15) is 4.68 Å². The van der Waals surface area contributed by atoms with E-state index in [2.05, 4.69) is 25.3 Å². The zero-order valence-electron chi connectivity index (χ0n) is 14.7. The molecule has 5 rings (SSSR count). The number of nitrogens with one attached hydrogen (secondary N) is 1. The molecule has 5 aromatic rings. The Morgan fingerprint density at radius 3 is 2.62 bits per heavy atom. The van der Waals surface area contributed by atoms with Gasteiger partial charge in [-0.25, -0.2) is 9.97 Å². The first-order chi connectivity index (χ1) is 14.3. The van der Waals surface area contributed by atoms with E-state index in [1.165, 1.54) is 38.7 Å². The largest absolute Gasteiger partial charge is 0.301 e. The van der Waals surface area contributed by atoms with E-state index in [9.17, 15) is 4.79 Å². The topological polar surface area (TPSA) is 88.3 Å². The van der Waals surface area contributed by atoms with Crippen molar-refractivity contribution in [3.8, 4) is 27.0 Å². The molecule has 142 valence electrons. The van der Waals surface area contributed by atoms with Crippen molar-refractivity contribution in [3.63, 3.8) is 0 Å². The average Bonchev–Trinajstić information content (AvgIpc) is 3.54. The molecule has 0 spiro atoms. The molecule has 7 nitrogen and oxygen atoms in total. The molecule has 0 aliphatic rings. The van der Waals surface area contributed by atoms with Gasteiger partial charge in [0.15, 0.2) is 5.69 Å². The van der Waals surface area contributed by atoms with Crippen LogP contribution < -0.4 is 5.56 Å². The SMILES string of the molecule is O=c1c(N=Nc2nccs2)c(-c2cccs2)[nH]n1-c1nc(-c2ccccc2)cs1. The predicted octanol–water partition coefficient (Wildman–Crippen LogP) is 5.89. The summed E-state index contributed by atoms with van der Waals surface area (Å²) in [6, 6.07) is 13.7. The van der Waals surface area contributed by atoms with Gasteiger partial charge in [0.25, 0.3) is 0 Å². The zero-order valence-corrected chi connectivity index (χ0v) is 17.2. The molecule has 0 fully saturated rings. The first-order valence-corrected chi connectivity index (χ1v) is 11.1. The van der Waals surface area contributed by atoms with Gasteiger partial charge in [-0.1, -0.05) is 36.4 Å². The van der Waals surface area contributed by atoms with Gasteiger partial charge in [-0.15, -0.1) is 44.2 Å². The van der Waals surface area contributed by atoms with Crippen LogP contribution in [0.25, 0.3) is 27.0 Å². The van der Waals surface area contributed by atoms with Crippen molar-refractivity contribution in [3.05, 3.63) is 75.2 Å². The Balaban J connectivity index is 1.60. The molecule has 0 unspecified atom stereocenters. The van der Waals surface area contributed by atoms with Gasteiger partial charge in [-0.05, 0) is 11.4 Å². The van der Waals surface area contributed by atoms with E-state index in [1.807, 2.05) is 58.6 Å². The predicted molar refractivity (Wildman–Crippen MR) is 117 cm³/mol. The van der Waals surface area contributed by atoms with Gasteiger partial charge in [0.1, 0.15) is 5.69 Å². The summed E-state index contributed by atoms with van der Waals surface area (Å²) in [5, 5.41) is 18.2. The zero-order chi connectivity index (χ0) is 19.6. The summed E-state index contributed by atoms with van der Waals surface area (Å²) in [6.07, 6.45) is 1.65. The fraction of sp³-hybridized carbons (Fsp3) is 0. The maximum atomic E-state index is 13.1. The van der Waals surface area contributed by atoms with Crippen molar-refractivity contribution in [1.82, 2.24) is 19.7 Å². The van der Waals surface area contributed by atoms with E-state index in [1.54, 1.807) is 6.20 Å². The van der Waals surface area contributed by atoms with Crippen molar-refractivity contribution in [1.29, 1.82) is 0 Å². The first-order valence-electron chi connectivity index (χ1n) is 8.51. The number of hydrogen-bond donors (Lipinski definition) is 1. The molecular weight excluding hydrogens is 424 g/mol. The summed E-state index contributed by atoms with van der Waals surface area (Å²) in [7, 11) is 0. The lowest BCUT2D eigenvalue weighted by Gasteiger charge is -1.96. The Morgan fingerprint density at radius 1 is 0.966 bits per heavy atom. The molecule has 4 heterocycles. The number of azo groups is 1. The minimum absolute atomic E-state index is 0.235. The standard InChI is InChI=1S/C19H12N6OS3/c26-17-16(22-23-18-20-8-10-28-18)15(14-7-4-9-27-14)24-25(17)19-21-13(11-29-19)12-5-2-1-3-6-12/h1-11,24H. The summed E-state index contributed by atoms with van der Waals surface area (Å²) >= 11 is 4.26. The molecule has 0 atom stereocenters. The highest BCUT2D eigenvalue weighted by atomic mass is 32.1. The van der Waals surface area contributed by atoms with Crippen LogP contribution in [0.2, 0.25) is 0 Å². The number of benzene rings is 1. The minimum Gasteiger partial charge on any atom is -0.285 e. The summed E-state index contributed by atoms with van der Waals surface area (Å²) in [5.74, 6) is 0. The lowest BCUT2D eigenvalue weighted by Crippen LogP contribution is -2.13. The monoisotopic (exact) mass is 436 g/mol. The number of thiophene rings is 1. The van der Waals surface area contributed by atoms with E-state index in [0.717, 1.165) is 16.1 Å². The van der Waals surface area contributed by atoms with E-state index in [-0.39, 0.29) is 11.2 Å². The number of aromatic amines is 1. The van der Waals surface area contributed by atoms with Crippen molar-refractivity contribution in [2.75, 3.05) is 0 Å². The van der Waals surface area contributed by atoms with Gasteiger partial charge < -0.3 is 0 Å². The molecule has 0 aliphatic heterocycles. The second kappa shape index (κ2) is 7.66. The van der Waals surface area contributed by atoms with Crippen LogP contribution in [0.3, 0.4) is 0 Å². The van der Waals surface area contributed by atoms with Crippen LogP contribution in [0.4, 0.5) is 10.8 Å². The molecule has 1 aromatic carbocycles. The van der Waals surface area contributed by atoms with Crippen molar-refractivity contribution < 1.29 is 0 Å². The van der Waals surface area contributed by atoms with Crippen LogP contribution in [0.5, 0.6) is 0 Å². The summed E-state index contributed by atoms with van der Waals surface area (Å²) < 4.78 is 1.42. The Bertz CT molecular complexity index is 1310. The molecule has 1 N–H and O–H groups in total. The third-order valence-electron chi connectivity index (χ3n) is 4.04. The summed E-state index contributed by atoms with van der Waals surface area (Å²) in [6.45, 7) is 0. The van der Waals surface area contributed by atoms with Gasteiger partial charge in [0.05, 0.1) is 10.6 Å². The number of hydrogen-bond acceptors (Lipinski definition) is 8. The van der Waals surface area contributed by atoms with Crippen LogP contribution in [-0.2, 0) is 0 Å². The Labute approximate surface area is 176 Å². The Morgan fingerprint density at radius 2 is 1.86 bits per heavy atom. The summed E-state index contributed by atoms with van der Waals surface area (Å²) in [5.41, 5.74) is 2.36. The number of H-pyrrole nitrogens is 1. The fourth-order valence-electron chi connectivity index (χ4n) is 2.71. The lowest BCUT2D eigenvalue weighted by atomic mass is 10.2. The Kier molecular flexibility index (Phi) is 4.72. The van der Waals surface area contributed by atoms with Crippen LogP contribution in [0, 0.1) is 0 Å². The molecule has 29 heavy (non-hydrogen) atoms. The Hall–Kier alpha value is -3.21. The van der Waals surface area contributed by atoms with Crippen molar-refractivity contribution in [2.24, 2.45) is 10.2 Å². The van der Waals surface area contributed by atoms with Gasteiger partial charge in [0, 0.05) is 22.5 Å². The quantitative estimate of drug-likeness (QED) is 0.348. The maximum absolute atomic E-state index is 13.1. The highest BCUT2D eigenvalue weighted by molar-refractivity contribution is 7.13. The smallest absolute Gasteiger partial charge is 0.285 e. The first kappa shape index (κ1) is 17.9. The van der Waals surface area contributed by atoms with Crippen molar-refractivity contribution in [2.45, 2.75) is 0 Å². The van der Waals surface area contributed by atoms with Gasteiger partial charge in [0.2, 0.25) is 10.3 Å². The molecule has 0 amide bonds. The second-order valence-electron chi connectivity index (χ2n) is 5.85. The van der Waals surface area contributed by atoms with Gasteiger partial charge >= 0.3 is 5.56 Å². The molecule has 0 radical (unpaired) electrons. The number of thiazole rings is 2. The molecule has 0 bridgehead atoms. The third kappa shape index (κ3) is 3.48. The van der Waals surface area contributed by atoms with E-state index < -0.39 is 0 Å². The molecule has 0 saturated heterocycles. The minimum atomic E-state index is -0.303. The number of nitrogens with zero attached hydrogens (tertiary/aromatic N) is 5. The highest BCUT2D eigenvalue weighted by Crippen LogP contribution is 2.32. The van der Waals surface area contributed by atoms with Crippen molar-refractivity contribution >= 4 is 44.8 Å².